The Hall–Kier alpha value is -1.78. The molecule has 0 aliphatic heterocycles. The number of furan rings is 1. The van der Waals surface area contributed by atoms with Gasteiger partial charge in [-0.05, 0) is 18.6 Å². The monoisotopic (exact) mass is 197 g/mol. The molecule has 0 aliphatic rings. The van der Waals surface area contributed by atoms with E-state index in [9.17, 15) is 9.59 Å². The van der Waals surface area contributed by atoms with Gasteiger partial charge in [-0.3, -0.25) is 9.59 Å². The number of rotatable bonds is 5. The van der Waals surface area contributed by atoms with Gasteiger partial charge in [0.1, 0.15) is 5.76 Å². The summed E-state index contributed by atoms with van der Waals surface area (Å²) in [7, 11) is 0. The van der Waals surface area contributed by atoms with Gasteiger partial charge in [-0.1, -0.05) is 0 Å². The molecule has 0 saturated heterocycles. The second-order valence-corrected chi connectivity index (χ2v) is 2.90. The minimum absolute atomic E-state index is 0.187. The molecule has 0 aliphatic carbocycles. The highest BCUT2D eigenvalue weighted by molar-refractivity contribution is 5.68. The van der Waals surface area contributed by atoms with Crippen molar-refractivity contribution in [2.24, 2.45) is 0 Å². The van der Waals surface area contributed by atoms with Gasteiger partial charge in [-0.15, -0.1) is 0 Å². The molecule has 1 aromatic heterocycles. The van der Waals surface area contributed by atoms with Crippen LogP contribution in [0.4, 0.5) is 0 Å². The van der Waals surface area contributed by atoms with Gasteiger partial charge in [0.15, 0.2) is 0 Å². The van der Waals surface area contributed by atoms with E-state index >= 15 is 0 Å². The number of carbonyl (C=O) groups is 2. The number of carbonyl (C=O) groups excluding carboxylic acids is 1. The average Bonchev–Trinajstić information content (AvgIpc) is 2.50. The third-order valence-electron chi connectivity index (χ3n) is 1.87. The first kappa shape index (κ1) is 10.3. The van der Waals surface area contributed by atoms with Gasteiger partial charge in [0.25, 0.3) is 0 Å². The second-order valence-electron chi connectivity index (χ2n) is 2.90. The summed E-state index contributed by atoms with van der Waals surface area (Å²) >= 11 is 0. The van der Waals surface area contributed by atoms with Gasteiger partial charge >= 0.3 is 5.97 Å². The molecule has 14 heavy (non-hydrogen) atoms. The normalized spacial score (nSPS) is 12.1. The predicted molar refractivity (Wildman–Crippen MR) is 47.6 cm³/mol. The Kier molecular flexibility index (Phi) is 3.28. The molecule has 2 N–H and O–H groups in total. The van der Waals surface area contributed by atoms with Crippen molar-refractivity contribution in [2.75, 3.05) is 0 Å². The van der Waals surface area contributed by atoms with Gasteiger partial charge < -0.3 is 14.8 Å². The summed E-state index contributed by atoms with van der Waals surface area (Å²) in [6.45, 7) is 1.79. The smallest absolute Gasteiger partial charge is 0.305 e. The molecule has 0 fully saturated rings. The summed E-state index contributed by atoms with van der Waals surface area (Å²) in [6.07, 6.45) is 1.74. The summed E-state index contributed by atoms with van der Waals surface area (Å²) in [5.41, 5.74) is 0.825. The molecule has 0 spiro atoms. The van der Waals surface area contributed by atoms with Crippen molar-refractivity contribution in [3.8, 4) is 0 Å². The van der Waals surface area contributed by atoms with E-state index in [2.05, 4.69) is 5.32 Å². The van der Waals surface area contributed by atoms with E-state index in [-0.39, 0.29) is 6.42 Å². The molecular formula is C9H11NO4. The van der Waals surface area contributed by atoms with E-state index < -0.39 is 12.0 Å². The minimum Gasteiger partial charge on any atom is -0.481 e. The van der Waals surface area contributed by atoms with E-state index in [0.717, 1.165) is 5.56 Å². The minimum atomic E-state index is -0.986. The Morgan fingerprint density at radius 1 is 1.79 bits per heavy atom. The van der Waals surface area contributed by atoms with Crippen LogP contribution >= 0.6 is 0 Å². The van der Waals surface area contributed by atoms with Crippen LogP contribution in [0.3, 0.4) is 0 Å². The number of hydrogen-bond acceptors (Lipinski definition) is 3. The van der Waals surface area contributed by atoms with Gasteiger partial charge in [-0.2, -0.15) is 0 Å². The summed E-state index contributed by atoms with van der Waals surface area (Å²) in [5.74, 6) is -0.500. The van der Waals surface area contributed by atoms with Crippen LogP contribution in [0.5, 0.6) is 0 Å². The van der Waals surface area contributed by atoms with Crippen molar-refractivity contribution in [3.05, 3.63) is 23.7 Å². The van der Waals surface area contributed by atoms with Gasteiger partial charge in [0.2, 0.25) is 6.41 Å². The molecule has 1 unspecified atom stereocenters. The van der Waals surface area contributed by atoms with Crippen LogP contribution in [0, 0.1) is 6.92 Å². The molecule has 5 nitrogen and oxygen atoms in total. The number of carboxylic acids is 1. The lowest BCUT2D eigenvalue weighted by molar-refractivity contribution is -0.137. The SMILES string of the molecule is Cc1ccoc1C(CC(=O)O)NC=O. The number of carboxylic acid groups (broad SMARTS) is 1. The number of aliphatic carboxylic acids is 1. The Balaban J connectivity index is 2.82. The second kappa shape index (κ2) is 4.45. The maximum atomic E-state index is 10.5. The molecule has 1 aromatic rings. The van der Waals surface area contributed by atoms with Crippen molar-refractivity contribution in [2.45, 2.75) is 19.4 Å². The third-order valence-corrected chi connectivity index (χ3v) is 1.87. The van der Waals surface area contributed by atoms with Crippen molar-refractivity contribution in [1.82, 2.24) is 5.32 Å². The maximum absolute atomic E-state index is 10.5. The molecule has 1 amide bonds. The largest absolute Gasteiger partial charge is 0.481 e. The highest BCUT2D eigenvalue weighted by atomic mass is 16.4. The standard InChI is InChI=1S/C9H11NO4/c1-6-2-3-14-9(6)7(10-5-11)4-8(12)13/h2-3,5,7H,4H2,1H3,(H,10,11)(H,12,13). The number of hydrogen-bond donors (Lipinski definition) is 2. The van der Waals surface area contributed by atoms with Crippen molar-refractivity contribution in [3.63, 3.8) is 0 Å². The van der Waals surface area contributed by atoms with E-state index in [1.165, 1.54) is 6.26 Å². The van der Waals surface area contributed by atoms with Crippen LogP contribution in [0.15, 0.2) is 16.7 Å². The fourth-order valence-electron chi connectivity index (χ4n) is 1.23. The van der Waals surface area contributed by atoms with Crippen LogP contribution < -0.4 is 5.32 Å². The van der Waals surface area contributed by atoms with E-state index in [1.54, 1.807) is 13.0 Å². The summed E-state index contributed by atoms with van der Waals surface area (Å²) in [4.78, 5) is 20.8. The van der Waals surface area contributed by atoms with Crippen LogP contribution in [0.1, 0.15) is 23.8 Å². The zero-order valence-corrected chi connectivity index (χ0v) is 7.69. The molecule has 1 heterocycles. The fourth-order valence-corrected chi connectivity index (χ4v) is 1.23. The Morgan fingerprint density at radius 2 is 2.50 bits per heavy atom. The zero-order valence-electron chi connectivity index (χ0n) is 7.69. The van der Waals surface area contributed by atoms with Crippen LogP contribution in [0.25, 0.3) is 0 Å². The fraction of sp³-hybridized carbons (Fsp3) is 0.333. The lowest BCUT2D eigenvalue weighted by atomic mass is 10.1. The Morgan fingerprint density at radius 3 is 2.93 bits per heavy atom. The predicted octanol–water partition coefficient (Wildman–Crippen LogP) is 0.850. The molecular weight excluding hydrogens is 186 g/mol. The first-order valence-electron chi connectivity index (χ1n) is 4.10. The topological polar surface area (TPSA) is 79.5 Å². The van der Waals surface area contributed by atoms with Crippen LogP contribution in [-0.4, -0.2) is 17.5 Å². The number of aryl methyl sites for hydroxylation is 1. The summed E-state index contributed by atoms with van der Waals surface area (Å²) in [6, 6.07) is 1.12. The summed E-state index contributed by atoms with van der Waals surface area (Å²) in [5, 5.41) is 11.0. The van der Waals surface area contributed by atoms with Gasteiger partial charge in [0, 0.05) is 0 Å². The molecule has 0 radical (unpaired) electrons. The molecule has 0 saturated carbocycles. The summed E-state index contributed by atoms with van der Waals surface area (Å²) < 4.78 is 5.10. The molecule has 1 atom stereocenters. The van der Waals surface area contributed by atoms with Crippen molar-refractivity contribution in [1.29, 1.82) is 0 Å². The van der Waals surface area contributed by atoms with E-state index in [0.29, 0.717) is 12.2 Å². The number of amides is 1. The van der Waals surface area contributed by atoms with E-state index in [4.69, 9.17) is 9.52 Å². The van der Waals surface area contributed by atoms with Crippen molar-refractivity contribution >= 4 is 12.4 Å². The maximum Gasteiger partial charge on any atom is 0.305 e. The molecule has 5 heteroatoms. The lowest BCUT2D eigenvalue weighted by Gasteiger charge is -2.11. The van der Waals surface area contributed by atoms with Gasteiger partial charge in [0.05, 0.1) is 18.7 Å². The molecule has 76 valence electrons. The van der Waals surface area contributed by atoms with Gasteiger partial charge in [-0.25, -0.2) is 0 Å². The number of nitrogens with one attached hydrogen (secondary N) is 1. The first-order chi connectivity index (χ1) is 6.65. The van der Waals surface area contributed by atoms with E-state index in [1.807, 2.05) is 0 Å². The first-order valence-corrected chi connectivity index (χ1v) is 4.10. The quantitative estimate of drug-likeness (QED) is 0.686. The van der Waals surface area contributed by atoms with Crippen LogP contribution in [-0.2, 0) is 9.59 Å². The van der Waals surface area contributed by atoms with Crippen LogP contribution in [0.2, 0.25) is 0 Å². The molecule has 0 bridgehead atoms. The third kappa shape index (κ3) is 2.35. The molecule has 1 rings (SSSR count). The Labute approximate surface area is 80.7 Å². The average molecular weight is 197 g/mol. The highest BCUT2D eigenvalue weighted by Gasteiger charge is 2.19. The van der Waals surface area contributed by atoms with Crippen molar-refractivity contribution < 1.29 is 19.1 Å². The highest BCUT2D eigenvalue weighted by Crippen LogP contribution is 2.20. The zero-order chi connectivity index (χ0) is 10.6. The lowest BCUT2D eigenvalue weighted by Crippen LogP contribution is -2.22. The Bertz CT molecular complexity index is 331. The molecule has 0 aromatic carbocycles.